The minimum absolute atomic E-state index is 0.131. The zero-order chi connectivity index (χ0) is 11.1. The maximum Gasteiger partial charge on any atom is 0.491 e. The van der Waals surface area contributed by atoms with E-state index in [0.717, 1.165) is 0 Å². The van der Waals surface area contributed by atoms with Gasteiger partial charge in [-0.05, 0) is 0 Å². The Morgan fingerprint density at radius 1 is 1.27 bits per heavy atom. The smallest absolute Gasteiger partial charge is 0.423 e. The van der Waals surface area contributed by atoms with Crippen LogP contribution in [0.4, 0.5) is 14.7 Å². The molecule has 0 amide bonds. The van der Waals surface area contributed by atoms with Gasteiger partial charge in [0.2, 0.25) is 5.95 Å². The molecule has 1 saturated heterocycles. The lowest BCUT2D eigenvalue weighted by Crippen LogP contribution is -2.57. The Labute approximate surface area is 84.5 Å². The SMILES string of the molecule is OB(O)c1cnc(N2CC(F)(F)C2)nc1. The first-order valence-electron chi connectivity index (χ1n) is 4.29. The van der Waals surface area contributed by atoms with Crippen LogP contribution in [0.1, 0.15) is 0 Å². The molecule has 2 N–H and O–H groups in total. The quantitative estimate of drug-likeness (QED) is 0.594. The van der Waals surface area contributed by atoms with Crippen LogP contribution in [0.2, 0.25) is 0 Å². The number of nitrogens with zero attached hydrogens (tertiary/aromatic N) is 3. The molecule has 0 aromatic carbocycles. The van der Waals surface area contributed by atoms with E-state index in [-0.39, 0.29) is 11.4 Å². The number of rotatable bonds is 2. The van der Waals surface area contributed by atoms with E-state index in [1.165, 1.54) is 17.3 Å². The summed E-state index contributed by atoms with van der Waals surface area (Å²) >= 11 is 0. The van der Waals surface area contributed by atoms with Crippen molar-refractivity contribution in [3.8, 4) is 0 Å². The molecule has 0 atom stereocenters. The molecule has 80 valence electrons. The molecular formula is C7H8BF2N3O2. The van der Waals surface area contributed by atoms with Crippen LogP contribution in [0.5, 0.6) is 0 Å². The van der Waals surface area contributed by atoms with Crippen molar-refractivity contribution in [1.29, 1.82) is 0 Å². The molecule has 0 radical (unpaired) electrons. The van der Waals surface area contributed by atoms with Gasteiger partial charge in [-0.1, -0.05) is 0 Å². The highest BCUT2D eigenvalue weighted by Crippen LogP contribution is 2.28. The van der Waals surface area contributed by atoms with Gasteiger partial charge in [0.25, 0.3) is 5.92 Å². The van der Waals surface area contributed by atoms with Crippen LogP contribution >= 0.6 is 0 Å². The number of anilines is 1. The van der Waals surface area contributed by atoms with Gasteiger partial charge >= 0.3 is 7.12 Å². The Bertz CT molecular complexity index is 352. The van der Waals surface area contributed by atoms with Crippen molar-refractivity contribution in [1.82, 2.24) is 9.97 Å². The Morgan fingerprint density at radius 2 is 1.80 bits per heavy atom. The van der Waals surface area contributed by atoms with Crippen LogP contribution in [-0.4, -0.2) is 46.1 Å². The van der Waals surface area contributed by atoms with Gasteiger partial charge in [-0.25, -0.2) is 18.7 Å². The van der Waals surface area contributed by atoms with E-state index >= 15 is 0 Å². The topological polar surface area (TPSA) is 69.5 Å². The monoisotopic (exact) mass is 215 g/mol. The summed E-state index contributed by atoms with van der Waals surface area (Å²) in [5.74, 6) is -2.50. The summed E-state index contributed by atoms with van der Waals surface area (Å²) < 4.78 is 25.0. The van der Waals surface area contributed by atoms with Crippen LogP contribution in [0.15, 0.2) is 12.4 Å². The van der Waals surface area contributed by atoms with Crippen LogP contribution in [0, 0.1) is 0 Å². The molecule has 1 aromatic heterocycles. The molecule has 1 aromatic rings. The third-order valence-electron chi connectivity index (χ3n) is 2.08. The molecule has 1 aliphatic heterocycles. The largest absolute Gasteiger partial charge is 0.491 e. The summed E-state index contributed by atoms with van der Waals surface area (Å²) in [6, 6.07) is 0. The van der Waals surface area contributed by atoms with Crippen LogP contribution in [0.3, 0.4) is 0 Å². The fourth-order valence-electron chi connectivity index (χ4n) is 1.28. The molecule has 5 nitrogen and oxygen atoms in total. The highest BCUT2D eigenvalue weighted by molar-refractivity contribution is 6.58. The predicted molar refractivity (Wildman–Crippen MR) is 49.0 cm³/mol. The van der Waals surface area contributed by atoms with Crippen molar-refractivity contribution in [3.05, 3.63) is 12.4 Å². The molecular weight excluding hydrogens is 207 g/mol. The molecule has 15 heavy (non-hydrogen) atoms. The van der Waals surface area contributed by atoms with E-state index in [9.17, 15) is 8.78 Å². The normalized spacial score (nSPS) is 18.5. The summed E-state index contributed by atoms with van der Waals surface area (Å²) in [6.07, 6.45) is 2.40. The van der Waals surface area contributed by atoms with Crippen molar-refractivity contribution in [2.24, 2.45) is 0 Å². The Balaban J connectivity index is 2.06. The van der Waals surface area contributed by atoms with Gasteiger partial charge < -0.3 is 14.9 Å². The molecule has 1 fully saturated rings. The molecule has 2 heterocycles. The number of hydrogen-bond acceptors (Lipinski definition) is 5. The average molecular weight is 215 g/mol. The predicted octanol–water partition coefficient (Wildman–Crippen LogP) is -1.39. The van der Waals surface area contributed by atoms with Crippen LogP contribution in [-0.2, 0) is 0 Å². The third-order valence-corrected chi connectivity index (χ3v) is 2.08. The Morgan fingerprint density at radius 3 is 2.20 bits per heavy atom. The van der Waals surface area contributed by atoms with Gasteiger partial charge in [-0.3, -0.25) is 0 Å². The molecule has 0 unspecified atom stereocenters. The van der Waals surface area contributed by atoms with Gasteiger partial charge in [0.05, 0.1) is 13.1 Å². The van der Waals surface area contributed by atoms with Crippen molar-refractivity contribution in [3.63, 3.8) is 0 Å². The fraction of sp³-hybridized carbons (Fsp3) is 0.429. The van der Waals surface area contributed by atoms with Crippen molar-refractivity contribution >= 4 is 18.5 Å². The Kier molecular flexibility index (Phi) is 2.31. The van der Waals surface area contributed by atoms with E-state index in [2.05, 4.69) is 9.97 Å². The average Bonchev–Trinajstić information content (AvgIpc) is 2.14. The zero-order valence-corrected chi connectivity index (χ0v) is 7.64. The lowest BCUT2D eigenvalue weighted by molar-refractivity contribution is -0.0271. The molecule has 1 aliphatic rings. The first kappa shape index (κ1) is 10.2. The summed E-state index contributed by atoms with van der Waals surface area (Å²) in [7, 11) is -1.64. The summed E-state index contributed by atoms with van der Waals surface area (Å²) in [6.45, 7) is -0.790. The van der Waals surface area contributed by atoms with E-state index in [1.807, 2.05) is 0 Å². The summed E-state index contributed by atoms with van der Waals surface area (Å²) in [5.41, 5.74) is 0.131. The zero-order valence-electron chi connectivity index (χ0n) is 7.64. The second-order valence-electron chi connectivity index (χ2n) is 3.40. The fourth-order valence-corrected chi connectivity index (χ4v) is 1.28. The highest BCUT2D eigenvalue weighted by atomic mass is 19.3. The summed E-state index contributed by atoms with van der Waals surface area (Å²) in [4.78, 5) is 8.81. The lowest BCUT2D eigenvalue weighted by Gasteiger charge is -2.38. The molecule has 2 rings (SSSR count). The minimum atomic E-state index is -2.67. The molecule has 8 heteroatoms. The van der Waals surface area contributed by atoms with Gasteiger partial charge in [0, 0.05) is 17.9 Å². The summed E-state index contributed by atoms with van der Waals surface area (Å²) in [5, 5.41) is 17.5. The lowest BCUT2D eigenvalue weighted by atomic mass is 9.83. The second kappa shape index (κ2) is 3.39. The van der Waals surface area contributed by atoms with Crippen LogP contribution < -0.4 is 10.4 Å². The number of hydrogen-bond donors (Lipinski definition) is 2. The minimum Gasteiger partial charge on any atom is -0.423 e. The van der Waals surface area contributed by atoms with Gasteiger partial charge in [-0.2, -0.15) is 0 Å². The maximum absolute atomic E-state index is 12.5. The van der Waals surface area contributed by atoms with Crippen LogP contribution in [0.25, 0.3) is 0 Å². The van der Waals surface area contributed by atoms with E-state index in [0.29, 0.717) is 0 Å². The van der Waals surface area contributed by atoms with Crippen molar-refractivity contribution in [2.75, 3.05) is 18.0 Å². The highest BCUT2D eigenvalue weighted by Gasteiger charge is 2.45. The standard InChI is InChI=1S/C7H8BF2N3O2/c9-7(10)3-13(4-7)6-11-1-5(2-12-6)8(14)15/h1-2,14-15H,3-4H2. The third kappa shape index (κ3) is 2.05. The Hall–Kier alpha value is -1.28. The van der Waals surface area contributed by atoms with Gasteiger partial charge in [0.1, 0.15) is 0 Å². The van der Waals surface area contributed by atoms with Crippen molar-refractivity contribution in [2.45, 2.75) is 5.92 Å². The number of aromatic nitrogens is 2. The first-order chi connectivity index (χ1) is 6.98. The molecule has 0 aliphatic carbocycles. The molecule has 0 spiro atoms. The second-order valence-corrected chi connectivity index (χ2v) is 3.40. The number of alkyl halides is 2. The van der Waals surface area contributed by atoms with Crippen molar-refractivity contribution < 1.29 is 18.8 Å². The maximum atomic E-state index is 12.5. The van der Waals surface area contributed by atoms with Gasteiger partial charge in [0.15, 0.2) is 0 Å². The molecule has 0 saturated carbocycles. The first-order valence-corrected chi connectivity index (χ1v) is 4.29. The van der Waals surface area contributed by atoms with Gasteiger partial charge in [-0.15, -0.1) is 0 Å². The van der Waals surface area contributed by atoms with E-state index < -0.39 is 26.1 Å². The van der Waals surface area contributed by atoms with E-state index in [1.54, 1.807) is 0 Å². The van der Waals surface area contributed by atoms with E-state index in [4.69, 9.17) is 10.0 Å². The molecule has 0 bridgehead atoms. The number of halogens is 2.